The van der Waals surface area contributed by atoms with Crippen LogP contribution < -0.4 is 5.32 Å². The van der Waals surface area contributed by atoms with Crippen LogP contribution in [0, 0.1) is 23.4 Å². The number of ether oxygens (including phenoxy) is 1. The first-order chi connectivity index (χ1) is 9.45. The third-order valence-corrected chi connectivity index (χ3v) is 3.14. The zero-order valence-electron chi connectivity index (χ0n) is 10.6. The van der Waals surface area contributed by atoms with Crippen LogP contribution in [0.25, 0.3) is 0 Å². The fraction of sp³-hybridized carbons (Fsp3) is 0.385. The van der Waals surface area contributed by atoms with Gasteiger partial charge in [0.05, 0.1) is 6.61 Å². The van der Waals surface area contributed by atoms with Crippen LogP contribution in [-0.2, 0) is 14.3 Å². The summed E-state index contributed by atoms with van der Waals surface area (Å²) in [7, 11) is 0. The van der Waals surface area contributed by atoms with E-state index in [1.54, 1.807) is 6.92 Å². The predicted molar refractivity (Wildman–Crippen MR) is 62.2 cm³/mol. The quantitative estimate of drug-likeness (QED) is 0.520. The number of carbonyl (C=O) groups is 2. The van der Waals surface area contributed by atoms with Crippen molar-refractivity contribution in [3.63, 3.8) is 0 Å². The van der Waals surface area contributed by atoms with Crippen molar-refractivity contribution in [1.82, 2.24) is 5.32 Å². The second-order valence-electron chi connectivity index (χ2n) is 4.37. The molecule has 0 saturated carbocycles. The van der Waals surface area contributed by atoms with E-state index in [4.69, 9.17) is 4.74 Å². The van der Waals surface area contributed by atoms with E-state index in [9.17, 15) is 22.8 Å². The molecule has 20 heavy (non-hydrogen) atoms. The molecule has 0 spiro atoms. The highest BCUT2D eigenvalue weighted by Crippen LogP contribution is 2.33. The van der Waals surface area contributed by atoms with E-state index in [0.717, 1.165) is 6.07 Å². The van der Waals surface area contributed by atoms with Gasteiger partial charge in [-0.15, -0.1) is 0 Å². The summed E-state index contributed by atoms with van der Waals surface area (Å²) in [5.41, 5.74) is -0.348. The summed E-state index contributed by atoms with van der Waals surface area (Å²) in [6.07, 6.45) is 0. The normalized spacial score (nSPS) is 21.7. The van der Waals surface area contributed by atoms with Crippen molar-refractivity contribution in [2.45, 2.75) is 12.8 Å². The summed E-state index contributed by atoms with van der Waals surface area (Å²) < 4.78 is 44.9. The second-order valence-corrected chi connectivity index (χ2v) is 4.37. The molecule has 4 nitrogen and oxygen atoms in total. The van der Waals surface area contributed by atoms with Gasteiger partial charge in [-0.1, -0.05) is 0 Å². The summed E-state index contributed by atoms with van der Waals surface area (Å²) in [6.45, 7) is 1.53. The van der Waals surface area contributed by atoms with Gasteiger partial charge in [0.2, 0.25) is 5.91 Å². The Morgan fingerprint density at radius 1 is 1.40 bits per heavy atom. The van der Waals surface area contributed by atoms with Crippen LogP contribution in [0.4, 0.5) is 13.2 Å². The molecule has 2 unspecified atom stereocenters. The summed E-state index contributed by atoms with van der Waals surface area (Å²) in [5, 5.41) is 2.37. The van der Waals surface area contributed by atoms with E-state index in [2.05, 4.69) is 5.32 Å². The van der Waals surface area contributed by atoms with Gasteiger partial charge in [0.15, 0.2) is 11.6 Å². The number of esters is 1. The monoisotopic (exact) mass is 287 g/mol. The van der Waals surface area contributed by atoms with E-state index in [1.165, 1.54) is 0 Å². The third-order valence-electron chi connectivity index (χ3n) is 3.14. The molecule has 1 amide bonds. The van der Waals surface area contributed by atoms with Crippen LogP contribution >= 0.6 is 0 Å². The Morgan fingerprint density at radius 2 is 2.10 bits per heavy atom. The lowest BCUT2D eigenvalue weighted by molar-refractivity contribution is -0.151. The lowest BCUT2D eigenvalue weighted by Crippen LogP contribution is -2.29. The van der Waals surface area contributed by atoms with Gasteiger partial charge in [-0.2, -0.15) is 0 Å². The summed E-state index contributed by atoms with van der Waals surface area (Å²) >= 11 is 0. The number of benzene rings is 1. The van der Waals surface area contributed by atoms with Crippen molar-refractivity contribution in [2.24, 2.45) is 5.92 Å². The van der Waals surface area contributed by atoms with Crippen LogP contribution in [0.2, 0.25) is 0 Å². The molecular formula is C13H12F3NO3. The molecule has 1 aromatic carbocycles. The standard InChI is InChI=1S/C13H12F3NO3/c1-2-20-13(19)10-8(5-17-12(10)18)7-3-6(14)4-9(15)11(7)16/h3-4,8,10H,2,5H2,1H3,(H,17,18). The van der Waals surface area contributed by atoms with Gasteiger partial charge in [-0.3, -0.25) is 9.59 Å². The van der Waals surface area contributed by atoms with Gasteiger partial charge in [0.1, 0.15) is 11.7 Å². The molecule has 0 radical (unpaired) electrons. The maximum atomic E-state index is 13.8. The molecule has 108 valence electrons. The largest absolute Gasteiger partial charge is 0.465 e. The molecule has 2 atom stereocenters. The molecule has 7 heteroatoms. The zero-order valence-corrected chi connectivity index (χ0v) is 10.6. The van der Waals surface area contributed by atoms with E-state index >= 15 is 0 Å². The average molecular weight is 287 g/mol. The number of rotatable bonds is 3. The van der Waals surface area contributed by atoms with Crippen LogP contribution in [0.3, 0.4) is 0 Å². The molecular weight excluding hydrogens is 275 g/mol. The topological polar surface area (TPSA) is 55.4 Å². The highest BCUT2D eigenvalue weighted by Gasteiger charge is 2.43. The molecule has 0 aliphatic carbocycles. The van der Waals surface area contributed by atoms with Crippen molar-refractivity contribution in [3.05, 3.63) is 35.1 Å². The van der Waals surface area contributed by atoms with Crippen molar-refractivity contribution < 1.29 is 27.5 Å². The van der Waals surface area contributed by atoms with Crippen molar-refractivity contribution in [2.75, 3.05) is 13.2 Å². The first-order valence-corrected chi connectivity index (χ1v) is 6.04. The van der Waals surface area contributed by atoms with Gasteiger partial charge in [-0.05, 0) is 13.0 Å². The Balaban J connectivity index is 2.41. The Morgan fingerprint density at radius 3 is 2.75 bits per heavy atom. The second kappa shape index (κ2) is 5.52. The summed E-state index contributed by atoms with van der Waals surface area (Å²) in [5.74, 6) is -7.36. The van der Waals surface area contributed by atoms with Crippen LogP contribution in [-0.4, -0.2) is 25.0 Å². The molecule has 0 bridgehead atoms. The van der Waals surface area contributed by atoms with Gasteiger partial charge in [0, 0.05) is 24.1 Å². The first-order valence-electron chi connectivity index (χ1n) is 6.04. The number of amides is 1. The molecule has 0 aromatic heterocycles. The molecule has 2 rings (SSSR count). The van der Waals surface area contributed by atoms with Crippen LogP contribution in [0.15, 0.2) is 12.1 Å². The van der Waals surface area contributed by atoms with E-state index in [-0.39, 0.29) is 18.7 Å². The smallest absolute Gasteiger partial charge is 0.319 e. The van der Waals surface area contributed by atoms with Gasteiger partial charge < -0.3 is 10.1 Å². The van der Waals surface area contributed by atoms with Crippen LogP contribution in [0.5, 0.6) is 0 Å². The Labute approximate surface area is 112 Å². The van der Waals surface area contributed by atoms with Crippen molar-refractivity contribution >= 4 is 11.9 Å². The summed E-state index contributed by atoms with van der Waals surface area (Å²) in [4.78, 5) is 23.4. The van der Waals surface area contributed by atoms with Gasteiger partial charge in [-0.25, -0.2) is 13.2 Å². The minimum atomic E-state index is -1.36. The lowest BCUT2D eigenvalue weighted by Gasteiger charge is -2.16. The maximum absolute atomic E-state index is 13.8. The first kappa shape index (κ1) is 14.4. The van der Waals surface area contributed by atoms with Crippen molar-refractivity contribution in [3.8, 4) is 0 Å². The SMILES string of the molecule is CCOC(=O)C1C(=O)NCC1c1cc(F)cc(F)c1F. The highest BCUT2D eigenvalue weighted by atomic mass is 19.2. The zero-order chi connectivity index (χ0) is 14.9. The fourth-order valence-electron chi connectivity index (χ4n) is 2.26. The molecule has 1 aliphatic rings. The Bertz CT molecular complexity index is 562. The minimum Gasteiger partial charge on any atom is -0.465 e. The molecule has 1 heterocycles. The minimum absolute atomic E-state index is 0.0509. The van der Waals surface area contributed by atoms with Crippen molar-refractivity contribution in [1.29, 1.82) is 0 Å². The average Bonchev–Trinajstić information content (AvgIpc) is 2.76. The Hall–Kier alpha value is -2.05. The summed E-state index contributed by atoms with van der Waals surface area (Å²) in [6, 6.07) is 1.19. The number of carbonyl (C=O) groups excluding carboxylic acids is 2. The molecule has 1 N–H and O–H groups in total. The maximum Gasteiger partial charge on any atom is 0.319 e. The van der Waals surface area contributed by atoms with Gasteiger partial charge >= 0.3 is 5.97 Å². The van der Waals surface area contributed by atoms with Gasteiger partial charge in [0.25, 0.3) is 0 Å². The Kier molecular flexibility index (Phi) is 3.96. The van der Waals surface area contributed by atoms with E-state index < -0.39 is 41.2 Å². The number of halogens is 3. The molecule has 1 aliphatic heterocycles. The number of hydrogen-bond acceptors (Lipinski definition) is 3. The third kappa shape index (κ3) is 2.48. The fourth-order valence-corrected chi connectivity index (χ4v) is 2.26. The van der Waals surface area contributed by atoms with E-state index in [1.807, 2.05) is 0 Å². The molecule has 1 aromatic rings. The number of hydrogen-bond donors (Lipinski definition) is 1. The predicted octanol–water partition coefficient (Wildman–Crippen LogP) is 1.50. The van der Waals surface area contributed by atoms with E-state index in [0.29, 0.717) is 6.07 Å². The lowest BCUT2D eigenvalue weighted by atomic mass is 9.88. The molecule has 1 fully saturated rings. The molecule has 1 saturated heterocycles. The van der Waals surface area contributed by atoms with Crippen LogP contribution in [0.1, 0.15) is 18.4 Å². The highest BCUT2D eigenvalue weighted by molar-refractivity contribution is 6.00. The number of nitrogens with one attached hydrogen (secondary N) is 1.